The number of hydrogen-bond acceptors (Lipinski definition) is 4. The summed E-state index contributed by atoms with van der Waals surface area (Å²) in [5, 5.41) is 3.28. The number of benzene rings is 1. The Balaban J connectivity index is 3.01. The van der Waals surface area contributed by atoms with Crippen LogP contribution in [0.5, 0.6) is 5.75 Å². The van der Waals surface area contributed by atoms with Crippen LogP contribution < -0.4 is 14.8 Å². The fraction of sp³-hybridized carbons (Fsp3) is 0.600. The molecule has 0 aliphatic rings. The van der Waals surface area contributed by atoms with Crippen molar-refractivity contribution < 1.29 is 13.2 Å². The van der Waals surface area contributed by atoms with Gasteiger partial charge < -0.3 is 10.1 Å². The molecule has 0 unspecified atom stereocenters. The van der Waals surface area contributed by atoms with Gasteiger partial charge in [-0.05, 0) is 63.5 Å². The predicted molar refractivity (Wildman–Crippen MR) is 85.3 cm³/mol. The van der Waals surface area contributed by atoms with Crippen molar-refractivity contribution in [3.63, 3.8) is 0 Å². The number of sulfonamides is 1. The first-order valence-corrected chi connectivity index (χ1v) is 8.79. The maximum absolute atomic E-state index is 12.4. The van der Waals surface area contributed by atoms with E-state index < -0.39 is 10.0 Å². The summed E-state index contributed by atoms with van der Waals surface area (Å²) >= 11 is 0. The average molecular weight is 314 g/mol. The van der Waals surface area contributed by atoms with E-state index in [1.807, 2.05) is 13.8 Å². The van der Waals surface area contributed by atoms with Gasteiger partial charge in [-0.2, -0.15) is 0 Å². The van der Waals surface area contributed by atoms with Gasteiger partial charge in [-0.25, -0.2) is 13.1 Å². The van der Waals surface area contributed by atoms with Crippen LogP contribution in [-0.4, -0.2) is 34.7 Å². The molecule has 0 aromatic heterocycles. The van der Waals surface area contributed by atoms with E-state index >= 15 is 0 Å². The Kier molecular flexibility index (Phi) is 7.14. The summed E-state index contributed by atoms with van der Waals surface area (Å²) < 4.78 is 32.6. The molecule has 1 rings (SSSR count). The first-order chi connectivity index (χ1) is 9.90. The molecule has 21 heavy (non-hydrogen) atoms. The van der Waals surface area contributed by atoms with Gasteiger partial charge in [0.1, 0.15) is 5.75 Å². The smallest absolute Gasteiger partial charge is 0.241 e. The van der Waals surface area contributed by atoms with E-state index in [0.717, 1.165) is 25.1 Å². The van der Waals surface area contributed by atoms with Crippen molar-refractivity contribution in [1.29, 1.82) is 0 Å². The number of hydrogen-bond donors (Lipinski definition) is 2. The van der Waals surface area contributed by atoms with E-state index in [-0.39, 0.29) is 6.04 Å². The molecule has 1 aromatic carbocycles. The highest BCUT2D eigenvalue weighted by atomic mass is 32.2. The standard InChI is InChI=1S/C15H26N2O3S/c1-5-9-16-10-8-13-11-14(20-4)6-7-15(13)21(18,19)17-12(2)3/h6-7,11-12,16-17H,5,8-10H2,1-4H3. The molecule has 0 heterocycles. The van der Waals surface area contributed by atoms with E-state index in [4.69, 9.17) is 4.74 Å². The van der Waals surface area contributed by atoms with Crippen molar-refractivity contribution >= 4 is 10.0 Å². The summed E-state index contributed by atoms with van der Waals surface area (Å²) in [7, 11) is -1.91. The van der Waals surface area contributed by atoms with E-state index in [1.54, 1.807) is 25.3 Å². The van der Waals surface area contributed by atoms with Gasteiger partial charge in [0.05, 0.1) is 12.0 Å². The highest BCUT2D eigenvalue weighted by molar-refractivity contribution is 7.89. The highest BCUT2D eigenvalue weighted by Crippen LogP contribution is 2.22. The van der Waals surface area contributed by atoms with Gasteiger partial charge in [-0.3, -0.25) is 0 Å². The molecule has 6 heteroatoms. The van der Waals surface area contributed by atoms with Gasteiger partial charge in [0.2, 0.25) is 10.0 Å². The van der Waals surface area contributed by atoms with Crippen molar-refractivity contribution in [2.75, 3.05) is 20.2 Å². The lowest BCUT2D eigenvalue weighted by atomic mass is 10.1. The third-order valence-electron chi connectivity index (χ3n) is 2.95. The zero-order valence-corrected chi connectivity index (χ0v) is 14.1. The van der Waals surface area contributed by atoms with E-state index in [1.165, 1.54) is 0 Å². The zero-order valence-electron chi connectivity index (χ0n) is 13.3. The van der Waals surface area contributed by atoms with Crippen LogP contribution in [0.1, 0.15) is 32.8 Å². The van der Waals surface area contributed by atoms with Crippen LogP contribution >= 0.6 is 0 Å². The average Bonchev–Trinajstić information content (AvgIpc) is 2.42. The monoisotopic (exact) mass is 314 g/mol. The Labute approximate surface area is 128 Å². The Morgan fingerprint density at radius 3 is 2.52 bits per heavy atom. The molecule has 0 fully saturated rings. The number of methoxy groups -OCH3 is 1. The lowest BCUT2D eigenvalue weighted by Crippen LogP contribution is -2.31. The summed E-state index contributed by atoms with van der Waals surface area (Å²) in [4.78, 5) is 0.329. The quantitative estimate of drug-likeness (QED) is 0.683. The fourth-order valence-electron chi connectivity index (χ4n) is 2.04. The number of rotatable bonds is 9. The van der Waals surface area contributed by atoms with Crippen molar-refractivity contribution in [2.45, 2.75) is 44.6 Å². The molecule has 2 N–H and O–H groups in total. The number of ether oxygens (including phenoxy) is 1. The second-order valence-electron chi connectivity index (χ2n) is 5.25. The summed E-state index contributed by atoms with van der Waals surface area (Å²) in [5.74, 6) is 0.670. The van der Waals surface area contributed by atoms with E-state index in [0.29, 0.717) is 17.1 Å². The fourth-order valence-corrected chi connectivity index (χ4v) is 3.54. The molecule has 0 spiro atoms. The Hall–Kier alpha value is -1.11. The molecule has 5 nitrogen and oxygen atoms in total. The molecule has 0 saturated carbocycles. The van der Waals surface area contributed by atoms with Gasteiger partial charge in [0, 0.05) is 6.04 Å². The molecule has 0 amide bonds. The maximum Gasteiger partial charge on any atom is 0.241 e. The molecule has 120 valence electrons. The minimum atomic E-state index is -3.49. The first kappa shape index (κ1) is 17.9. The van der Waals surface area contributed by atoms with Crippen LogP contribution in [0.15, 0.2) is 23.1 Å². The van der Waals surface area contributed by atoms with Crippen LogP contribution in [0.2, 0.25) is 0 Å². The molecule has 0 atom stereocenters. The van der Waals surface area contributed by atoms with Gasteiger partial charge in [0.15, 0.2) is 0 Å². The van der Waals surface area contributed by atoms with Crippen molar-refractivity contribution in [2.24, 2.45) is 0 Å². The lowest BCUT2D eigenvalue weighted by Gasteiger charge is -2.15. The van der Waals surface area contributed by atoms with Crippen LogP contribution in [0.3, 0.4) is 0 Å². The van der Waals surface area contributed by atoms with Gasteiger partial charge in [0.25, 0.3) is 0 Å². The topological polar surface area (TPSA) is 67.4 Å². The third-order valence-corrected chi connectivity index (χ3v) is 4.70. The zero-order chi connectivity index (χ0) is 15.9. The molecule has 0 saturated heterocycles. The maximum atomic E-state index is 12.4. The Morgan fingerprint density at radius 1 is 1.24 bits per heavy atom. The summed E-state index contributed by atoms with van der Waals surface area (Å²) in [6.45, 7) is 7.38. The van der Waals surface area contributed by atoms with Crippen molar-refractivity contribution in [1.82, 2.24) is 10.0 Å². The molecule has 0 aliphatic heterocycles. The van der Waals surface area contributed by atoms with Crippen LogP contribution in [0.25, 0.3) is 0 Å². The summed E-state index contributed by atoms with van der Waals surface area (Å²) in [5.41, 5.74) is 0.770. The minimum absolute atomic E-state index is 0.136. The molecule has 0 aliphatic carbocycles. The second kappa shape index (κ2) is 8.36. The largest absolute Gasteiger partial charge is 0.497 e. The van der Waals surface area contributed by atoms with Crippen LogP contribution in [0, 0.1) is 0 Å². The van der Waals surface area contributed by atoms with Crippen molar-refractivity contribution in [3.8, 4) is 5.75 Å². The number of nitrogens with one attached hydrogen (secondary N) is 2. The molecule has 1 aromatic rings. The SMILES string of the molecule is CCCNCCc1cc(OC)ccc1S(=O)(=O)NC(C)C. The van der Waals surface area contributed by atoms with Crippen LogP contribution in [0.4, 0.5) is 0 Å². The van der Waals surface area contributed by atoms with Gasteiger partial charge in [-0.15, -0.1) is 0 Å². The Morgan fingerprint density at radius 2 is 1.95 bits per heavy atom. The Bertz CT molecular complexity index is 542. The molecule has 0 bridgehead atoms. The highest BCUT2D eigenvalue weighted by Gasteiger charge is 2.19. The van der Waals surface area contributed by atoms with Crippen molar-refractivity contribution in [3.05, 3.63) is 23.8 Å². The minimum Gasteiger partial charge on any atom is -0.497 e. The van der Waals surface area contributed by atoms with Gasteiger partial charge in [-0.1, -0.05) is 6.92 Å². The van der Waals surface area contributed by atoms with Crippen LogP contribution in [-0.2, 0) is 16.4 Å². The predicted octanol–water partition coefficient (Wildman–Crippen LogP) is 1.92. The molecular formula is C15H26N2O3S. The first-order valence-electron chi connectivity index (χ1n) is 7.30. The van der Waals surface area contributed by atoms with E-state index in [2.05, 4.69) is 17.0 Å². The summed E-state index contributed by atoms with van der Waals surface area (Å²) in [6, 6.07) is 4.95. The third kappa shape index (κ3) is 5.65. The normalized spacial score (nSPS) is 11.9. The van der Waals surface area contributed by atoms with Gasteiger partial charge >= 0.3 is 0 Å². The molecule has 0 radical (unpaired) electrons. The summed E-state index contributed by atoms with van der Waals surface area (Å²) in [6.07, 6.45) is 1.70. The van der Waals surface area contributed by atoms with E-state index in [9.17, 15) is 8.42 Å². The lowest BCUT2D eigenvalue weighted by molar-refractivity contribution is 0.413. The second-order valence-corrected chi connectivity index (χ2v) is 6.93. The molecular weight excluding hydrogens is 288 g/mol.